The van der Waals surface area contributed by atoms with Crippen molar-refractivity contribution in [1.82, 2.24) is 5.32 Å². The van der Waals surface area contributed by atoms with Gasteiger partial charge in [-0.3, -0.25) is 14.4 Å². The first kappa shape index (κ1) is 22.1. The molecular weight excluding hydrogens is 382 g/mol. The van der Waals surface area contributed by atoms with E-state index in [9.17, 15) is 14.4 Å². The Morgan fingerprint density at radius 2 is 1.87 bits per heavy atom. The second-order valence-electron chi connectivity index (χ2n) is 8.59. The molecule has 0 aromatic heterocycles. The summed E-state index contributed by atoms with van der Waals surface area (Å²) in [5.74, 6) is 0.308. The summed E-state index contributed by atoms with van der Waals surface area (Å²) in [7, 11) is 1.55. The number of anilines is 2. The van der Waals surface area contributed by atoms with Gasteiger partial charge in [-0.25, -0.2) is 0 Å². The molecule has 1 aliphatic carbocycles. The maximum absolute atomic E-state index is 12.9. The molecule has 164 valence electrons. The van der Waals surface area contributed by atoms with E-state index >= 15 is 0 Å². The first-order chi connectivity index (χ1) is 14.4. The van der Waals surface area contributed by atoms with Crippen molar-refractivity contribution in [3.63, 3.8) is 0 Å². The third-order valence-corrected chi connectivity index (χ3v) is 6.03. The van der Waals surface area contributed by atoms with Crippen molar-refractivity contribution < 1.29 is 19.1 Å². The fourth-order valence-electron chi connectivity index (χ4n) is 4.27. The van der Waals surface area contributed by atoms with Crippen LogP contribution < -0.4 is 20.3 Å². The van der Waals surface area contributed by atoms with Gasteiger partial charge in [-0.05, 0) is 37.3 Å². The smallest absolute Gasteiger partial charge is 0.247 e. The number of rotatable bonds is 7. The minimum Gasteiger partial charge on any atom is -0.494 e. The Morgan fingerprint density at radius 3 is 2.47 bits per heavy atom. The van der Waals surface area contributed by atoms with Gasteiger partial charge in [0.25, 0.3) is 0 Å². The quantitative estimate of drug-likeness (QED) is 0.714. The van der Waals surface area contributed by atoms with Crippen LogP contribution in [0.3, 0.4) is 0 Å². The standard InChI is InChI=1S/C23H33N3O4/c1-15(2)21(25-22(28)16-8-5-4-6-9-16)23(29)24-17-11-12-18(19(14-17)30-3)26-13-7-10-20(26)27/h11-12,14-16,21H,4-10,13H2,1-3H3,(H,24,29)(H,25,28). The van der Waals surface area contributed by atoms with Crippen LogP contribution in [-0.4, -0.2) is 37.4 Å². The summed E-state index contributed by atoms with van der Waals surface area (Å²) in [6.45, 7) is 4.52. The monoisotopic (exact) mass is 415 g/mol. The molecule has 0 bridgehead atoms. The van der Waals surface area contributed by atoms with E-state index in [4.69, 9.17) is 4.74 Å². The molecule has 3 rings (SSSR count). The molecule has 0 radical (unpaired) electrons. The Kier molecular flexibility index (Phi) is 7.34. The average molecular weight is 416 g/mol. The van der Waals surface area contributed by atoms with Crippen molar-refractivity contribution >= 4 is 29.1 Å². The summed E-state index contributed by atoms with van der Waals surface area (Å²) in [6.07, 6.45) is 6.48. The van der Waals surface area contributed by atoms with Crippen LogP contribution in [0.25, 0.3) is 0 Å². The Bertz CT molecular complexity index is 787. The number of nitrogens with one attached hydrogen (secondary N) is 2. The zero-order valence-corrected chi connectivity index (χ0v) is 18.2. The van der Waals surface area contributed by atoms with Crippen molar-refractivity contribution in [1.29, 1.82) is 0 Å². The van der Waals surface area contributed by atoms with Crippen LogP contribution in [0, 0.1) is 11.8 Å². The van der Waals surface area contributed by atoms with E-state index in [1.165, 1.54) is 6.42 Å². The molecular formula is C23H33N3O4. The number of hydrogen-bond donors (Lipinski definition) is 2. The molecule has 2 aliphatic rings. The summed E-state index contributed by atoms with van der Waals surface area (Å²) in [4.78, 5) is 39.4. The van der Waals surface area contributed by atoms with Crippen LogP contribution in [0.15, 0.2) is 18.2 Å². The molecule has 1 aliphatic heterocycles. The van der Waals surface area contributed by atoms with Crippen molar-refractivity contribution in [3.05, 3.63) is 18.2 Å². The molecule has 1 aromatic rings. The molecule has 1 saturated heterocycles. The van der Waals surface area contributed by atoms with Gasteiger partial charge in [-0.2, -0.15) is 0 Å². The molecule has 3 amide bonds. The van der Waals surface area contributed by atoms with Crippen LogP contribution in [0.2, 0.25) is 0 Å². The largest absolute Gasteiger partial charge is 0.494 e. The third kappa shape index (κ3) is 5.12. The maximum Gasteiger partial charge on any atom is 0.247 e. The van der Waals surface area contributed by atoms with Gasteiger partial charge in [-0.1, -0.05) is 33.1 Å². The highest BCUT2D eigenvalue weighted by atomic mass is 16.5. The van der Waals surface area contributed by atoms with Gasteiger partial charge in [0.1, 0.15) is 11.8 Å². The van der Waals surface area contributed by atoms with E-state index < -0.39 is 6.04 Å². The normalized spacial score (nSPS) is 18.4. The van der Waals surface area contributed by atoms with Gasteiger partial charge in [-0.15, -0.1) is 0 Å². The molecule has 1 atom stereocenters. The fraction of sp³-hybridized carbons (Fsp3) is 0.609. The summed E-state index contributed by atoms with van der Waals surface area (Å²) < 4.78 is 5.47. The third-order valence-electron chi connectivity index (χ3n) is 6.03. The molecule has 1 heterocycles. The van der Waals surface area contributed by atoms with Gasteiger partial charge in [0.05, 0.1) is 12.8 Å². The lowest BCUT2D eigenvalue weighted by Gasteiger charge is -2.26. The number of nitrogens with zero attached hydrogens (tertiary/aromatic N) is 1. The van der Waals surface area contributed by atoms with Gasteiger partial charge in [0, 0.05) is 30.6 Å². The summed E-state index contributed by atoms with van der Waals surface area (Å²) in [5.41, 5.74) is 1.29. The minimum absolute atomic E-state index is 0.00479. The van der Waals surface area contributed by atoms with Crippen LogP contribution >= 0.6 is 0 Å². The van der Waals surface area contributed by atoms with Crippen molar-refractivity contribution in [2.24, 2.45) is 11.8 Å². The second kappa shape index (κ2) is 9.96. The van der Waals surface area contributed by atoms with Crippen LogP contribution in [0.1, 0.15) is 58.8 Å². The van der Waals surface area contributed by atoms with E-state index in [0.717, 1.165) is 32.1 Å². The second-order valence-corrected chi connectivity index (χ2v) is 8.59. The van der Waals surface area contributed by atoms with Crippen LogP contribution in [0.4, 0.5) is 11.4 Å². The first-order valence-corrected chi connectivity index (χ1v) is 11.0. The highest BCUT2D eigenvalue weighted by Gasteiger charge is 2.29. The summed E-state index contributed by atoms with van der Waals surface area (Å²) in [6, 6.07) is 4.68. The Labute approximate surface area is 178 Å². The maximum atomic E-state index is 12.9. The van der Waals surface area contributed by atoms with Crippen LogP contribution in [-0.2, 0) is 14.4 Å². The van der Waals surface area contributed by atoms with Crippen LogP contribution in [0.5, 0.6) is 5.75 Å². The van der Waals surface area contributed by atoms with Gasteiger partial charge in [0.2, 0.25) is 17.7 Å². The summed E-state index contributed by atoms with van der Waals surface area (Å²) in [5, 5.41) is 5.86. The fourth-order valence-corrected chi connectivity index (χ4v) is 4.27. The van der Waals surface area contributed by atoms with Gasteiger partial charge >= 0.3 is 0 Å². The molecule has 7 nitrogen and oxygen atoms in total. The SMILES string of the molecule is COc1cc(NC(=O)C(NC(=O)C2CCCCC2)C(C)C)ccc1N1CCCC1=O. The van der Waals surface area contributed by atoms with E-state index in [2.05, 4.69) is 10.6 Å². The lowest BCUT2D eigenvalue weighted by molar-refractivity contribution is -0.130. The van der Waals surface area contributed by atoms with Crippen molar-refractivity contribution in [2.75, 3.05) is 23.9 Å². The summed E-state index contributed by atoms with van der Waals surface area (Å²) >= 11 is 0. The number of carbonyl (C=O) groups is 3. The number of carbonyl (C=O) groups excluding carboxylic acids is 3. The number of methoxy groups -OCH3 is 1. The molecule has 2 N–H and O–H groups in total. The molecule has 1 saturated carbocycles. The number of hydrogen-bond acceptors (Lipinski definition) is 4. The van der Waals surface area contributed by atoms with Gasteiger partial charge < -0.3 is 20.3 Å². The number of benzene rings is 1. The van der Waals surface area contributed by atoms with E-state index in [1.807, 2.05) is 13.8 Å². The first-order valence-electron chi connectivity index (χ1n) is 11.0. The molecule has 2 fully saturated rings. The predicted molar refractivity (Wildman–Crippen MR) is 117 cm³/mol. The molecule has 1 aromatic carbocycles. The molecule has 1 unspecified atom stereocenters. The zero-order chi connectivity index (χ0) is 21.7. The molecule has 0 spiro atoms. The van der Waals surface area contributed by atoms with E-state index in [-0.39, 0.29) is 29.6 Å². The highest BCUT2D eigenvalue weighted by Crippen LogP contribution is 2.34. The van der Waals surface area contributed by atoms with E-state index in [0.29, 0.717) is 30.1 Å². The van der Waals surface area contributed by atoms with Crippen molar-refractivity contribution in [3.8, 4) is 5.75 Å². The van der Waals surface area contributed by atoms with E-state index in [1.54, 1.807) is 30.2 Å². The van der Waals surface area contributed by atoms with Gasteiger partial charge in [0.15, 0.2) is 0 Å². The average Bonchev–Trinajstić information content (AvgIpc) is 3.17. The minimum atomic E-state index is -0.606. The van der Waals surface area contributed by atoms with Crippen molar-refractivity contribution in [2.45, 2.75) is 64.8 Å². The Morgan fingerprint density at radius 1 is 1.13 bits per heavy atom. The lowest BCUT2D eigenvalue weighted by atomic mass is 9.88. The Hall–Kier alpha value is -2.57. The highest BCUT2D eigenvalue weighted by molar-refractivity contribution is 5.99. The number of ether oxygens (including phenoxy) is 1. The lowest BCUT2D eigenvalue weighted by Crippen LogP contribution is -2.49. The molecule has 30 heavy (non-hydrogen) atoms. The predicted octanol–water partition coefficient (Wildman–Crippen LogP) is 3.48. The topological polar surface area (TPSA) is 87.7 Å². The Balaban J connectivity index is 1.69. The number of amides is 3. The zero-order valence-electron chi connectivity index (χ0n) is 18.2. The molecule has 7 heteroatoms.